The van der Waals surface area contributed by atoms with E-state index in [0.717, 1.165) is 10.9 Å². The van der Waals surface area contributed by atoms with E-state index in [1.807, 2.05) is 41.1 Å². The van der Waals surface area contributed by atoms with Crippen LogP contribution in [0.5, 0.6) is 0 Å². The van der Waals surface area contributed by atoms with Crippen LogP contribution in [0.4, 0.5) is 0 Å². The average molecular weight is 334 g/mol. The molecule has 25 heavy (non-hydrogen) atoms. The molecule has 0 saturated heterocycles. The Morgan fingerprint density at radius 3 is 2.24 bits per heavy atom. The predicted molar refractivity (Wildman–Crippen MR) is 89.6 cm³/mol. The Labute approximate surface area is 143 Å². The number of rotatable bonds is 4. The van der Waals surface area contributed by atoms with Gasteiger partial charge in [-0.25, -0.2) is 4.79 Å². The van der Waals surface area contributed by atoms with Crippen LogP contribution in [-0.4, -0.2) is 27.4 Å². The molecule has 1 aromatic heterocycles. The number of hydroxylamine groups is 2. The van der Waals surface area contributed by atoms with Crippen LogP contribution in [0.15, 0.2) is 60.8 Å². The van der Waals surface area contributed by atoms with Crippen molar-refractivity contribution in [2.45, 2.75) is 13.0 Å². The number of aromatic nitrogens is 1. The lowest BCUT2D eigenvalue weighted by atomic mass is 10.1. The van der Waals surface area contributed by atoms with Crippen molar-refractivity contribution in [3.63, 3.8) is 0 Å². The quantitative estimate of drug-likeness (QED) is 0.688. The van der Waals surface area contributed by atoms with Gasteiger partial charge in [0.1, 0.15) is 0 Å². The summed E-state index contributed by atoms with van der Waals surface area (Å²) in [6.07, 6.45) is 1.94. The zero-order chi connectivity index (χ0) is 17.4. The van der Waals surface area contributed by atoms with Crippen molar-refractivity contribution >= 4 is 28.7 Å². The Morgan fingerprint density at radius 2 is 1.52 bits per heavy atom. The standard InChI is InChI=1S/C19H14N2O4/c22-17(10-12-20-11-9-13-5-1-4-8-16(13)20)25-21-18(23)14-6-2-3-7-15(14)19(21)24/h1-9,11H,10,12H2. The van der Waals surface area contributed by atoms with Gasteiger partial charge in [-0.3, -0.25) is 9.59 Å². The lowest BCUT2D eigenvalue weighted by Gasteiger charge is -2.13. The first kappa shape index (κ1) is 15.1. The fraction of sp³-hybridized carbons (Fsp3) is 0.105. The number of imide groups is 1. The molecule has 0 N–H and O–H groups in total. The zero-order valence-corrected chi connectivity index (χ0v) is 13.2. The SMILES string of the molecule is O=C(CCn1ccc2ccccc21)ON1C(=O)c2ccccc2C1=O. The van der Waals surface area contributed by atoms with Gasteiger partial charge in [0, 0.05) is 18.3 Å². The molecule has 4 rings (SSSR count). The molecule has 0 fully saturated rings. The zero-order valence-electron chi connectivity index (χ0n) is 13.2. The third-order valence-corrected chi connectivity index (χ3v) is 4.19. The number of nitrogens with zero attached hydrogens (tertiary/aromatic N) is 2. The molecular formula is C19H14N2O4. The van der Waals surface area contributed by atoms with E-state index in [1.165, 1.54) is 12.1 Å². The van der Waals surface area contributed by atoms with E-state index in [4.69, 9.17) is 4.84 Å². The number of hydrogen-bond acceptors (Lipinski definition) is 4. The number of amides is 2. The molecule has 0 saturated carbocycles. The van der Waals surface area contributed by atoms with Crippen molar-refractivity contribution in [1.29, 1.82) is 0 Å². The smallest absolute Gasteiger partial charge is 0.335 e. The van der Waals surface area contributed by atoms with Gasteiger partial charge in [-0.05, 0) is 29.7 Å². The summed E-state index contributed by atoms with van der Waals surface area (Å²) in [6, 6.07) is 16.2. The van der Waals surface area contributed by atoms with Crippen LogP contribution in [0.25, 0.3) is 10.9 Å². The van der Waals surface area contributed by atoms with E-state index in [0.29, 0.717) is 11.6 Å². The first-order chi connectivity index (χ1) is 12.1. The second-order valence-corrected chi connectivity index (χ2v) is 5.73. The number of benzene rings is 2. The van der Waals surface area contributed by atoms with Gasteiger partial charge < -0.3 is 9.40 Å². The molecule has 2 aromatic carbocycles. The van der Waals surface area contributed by atoms with E-state index < -0.39 is 17.8 Å². The maximum Gasteiger partial charge on any atom is 0.335 e. The summed E-state index contributed by atoms with van der Waals surface area (Å²) in [5, 5.41) is 1.62. The molecule has 0 radical (unpaired) electrons. The van der Waals surface area contributed by atoms with Crippen LogP contribution in [0.2, 0.25) is 0 Å². The van der Waals surface area contributed by atoms with Gasteiger partial charge in [0.25, 0.3) is 11.8 Å². The van der Waals surface area contributed by atoms with Crippen molar-refractivity contribution in [2.24, 2.45) is 0 Å². The summed E-state index contributed by atoms with van der Waals surface area (Å²) in [6.45, 7) is 0.398. The third kappa shape index (κ3) is 2.57. The first-order valence-electron chi connectivity index (χ1n) is 7.87. The molecule has 1 aliphatic rings. The van der Waals surface area contributed by atoms with Crippen molar-refractivity contribution < 1.29 is 19.2 Å². The Bertz CT molecular complexity index is 970. The molecule has 0 bridgehead atoms. The highest BCUT2D eigenvalue weighted by Crippen LogP contribution is 2.23. The molecule has 124 valence electrons. The number of aryl methyl sites for hydroxylation is 1. The highest BCUT2D eigenvalue weighted by atomic mass is 16.7. The van der Waals surface area contributed by atoms with Crippen LogP contribution in [-0.2, 0) is 16.2 Å². The van der Waals surface area contributed by atoms with E-state index in [2.05, 4.69) is 0 Å². The third-order valence-electron chi connectivity index (χ3n) is 4.19. The van der Waals surface area contributed by atoms with Crippen molar-refractivity contribution in [2.75, 3.05) is 0 Å². The average Bonchev–Trinajstić information content (AvgIpc) is 3.15. The summed E-state index contributed by atoms with van der Waals surface area (Å²) < 4.78 is 1.93. The molecule has 6 nitrogen and oxygen atoms in total. The van der Waals surface area contributed by atoms with Crippen molar-refractivity contribution in [1.82, 2.24) is 9.63 Å². The van der Waals surface area contributed by atoms with Crippen molar-refractivity contribution in [3.8, 4) is 0 Å². The Balaban J connectivity index is 1.43. The van der Waals surface area contributed by atoms with Gasteiger partial charge in [-0.15, -0.1) is 0 Å². The minimum atomic E-state index is -0.632. The second-order valence-electron chi connectivity index (χ2n) is 5.73. The van der Waals surface area contributed by atoms with Crippen LogP contribution >= 0.6 is 0 Å². The molecule has 0 atom stereocenters. The van der Waals surface area contributed by atoms with Crippen LogP contribution < -0.4 is 0 Å². The topological polar surface area (TPSA) is 68.6 Å². The van der Waals surface area contributed by atoms with Crippen LogP contribution in [0, 0.1) is 0 Å². The molecule has 6 heteroatoms. The highest BCUT2D eigenvalue weighted by Gasteiger charge is 2.38. The number of carbonyl (C=O) groups is 3. The number of para-hydroxylation sites is 1. The maximum atomic E-state index is 12.2. The van der Waals surface area contributed by atoms with E-state index in [1.54, 1.807) is 12.1 Å². The van der Waals surface area contributed by atoms with Gasteiger partial charge in [-0.2, -0.15) is 0 Å². The maximum absolute atomic E-state index is 12.2. The molecule has 2 amide bonds. The van der Waals surface area contributed by atoms with E-state index in [-0.39, 0.29) is 17.5 Å². The number of hydrogen-bond donors (Lipinski definition) is 0. The van der Waals surface area contributed by atoms with E-state index >= 15 is 0 Å². The predicted octanol–water partition coefficient (Wildman–Crippen LogP) is 2.79. The molecule has 0 aliphatic carbocycles. The van der Waals surface area contributed by atoms with Gasteiger partial charge in [0.05, 0.1) is 17.5 Å². The fourth-order valence-electron chi connectivity index (χ4n) is 2.94. The van der Waals surface area contributed by atoms with Crippen molar-refractivity contribution in [3.05, 3.63) is 71.9 Å². The van der Waals surface area contributed by atoms with Gasteiger partial charge in [0.2, 0.25) is 0 Å². The lowest BCUT2D eigenvalue weighted by molar-refractivity contribution is -0.168. The largest absolute Gasteiger partial charge is 0.347 e. The van der Waals surface area contributed by atoms with Crippen LogP contribution in [0.1, 0.15) is 27.1 Å². The second kappa shape index (κ2) is 5.90. The van der Waals surface area contributed by atoms with Gasteiger partial charge in [0.15, 0.2) is 0 Å². The minimum Gasteiger partial charge on any atom is -0.347 e. The minimum absolute atomic E-state index is 0.0477. The molecular weight excluding hydrogens is 320 g/mol. The van der Waals surface area contributed by atoms with E-state index in [9.17, 15) is 14.4 Å². The Morgan fingerprint density at radius 1 is 0.880 bits per heavy atom. The summed E-state index contributed by atoms with van der Waals surface area (Å²) in [5.74, 6) is -1.85. The van der Waals surface area contributed by atoms with Gasteiger partial charge in [-0.1, -0.05) is 35.4 Å². The molecule has 0 unspecified atom stereocenters. The molecule has 2 heterocycles. The Kier molecular flexibility index (Phi) is 3.57. The van der Waals surface area contributed by atoms with Gasteiger partial charge >= 0.3 is 5.97 Å². The first-order valence-corrected chi connectivity index (χ1v) is 7.87. The van der Waals surface area contributed by atoms with Crippen LogP contribution in [0.3, 0.4) is 0 Å². The molecule has 1 aliphatic heterocycles. The summed E-state index contributed by atoms with van der Waals surface area (Å²) in [7, 11) is 0. The lowest BCUT2D eigenvalue weighted by Crippen LogP contribution is -2.32. The molecule has 3 aromatic rings. The highest BCUT2D eigenvalue weighted by molar-refractivity contribution is 6.20. The summed E-state index contributed by atoms with van der Waals surface area (Å²) in [5.41, 5.74) is 1.50. The monoisotopic (exact) mass is 334 g/mol. The summed E-state index contributed by atoms with van der Waals surface area (Å²) in [4.78, 5) is 41.4. The normalized spacial score (nSPS) is 13.4. The summed E-state index contributed by atoms with van der Waals surface area (Å²) >= 11 is 0. The fourth-order valence-corrected chi connectivity index (χ4v) is 2.94. The molecule has 0 spiro atoms. The number of fused-ring (bicyclic) bond motifs is 2. The number of carbonyl (C=O) groups excluding carboxylic acids is 3. The Hall–Kier alpha value is -3.41.